The predicted molar refractivity (Wildman–Crippen MR) is 163 cm³/mol. The maximum atomic E-state index is 12.9. The first kappa shape index (κ1) is 34.7. The van der Waals surface area contributed by atoms with Crippen LogP contribution in [0.2, 0.25) is 5.02 Å². The van der Waals surface area contributed by atoms with Crippen molar-refractivity contribution in [3.05, 3.63) is 58.7 Å². The Bertz CT molecular complexity index is 1620. The highest BCUT2D eigenvalue weighted by atomic mass is 35.5. The summed E-state index contributed by atoms with van der Waals surface area (Å²) in [4.78, 5) is 8.46. The number of aromatic nitrogens is 2. The summed E-state index contributed by atoms with van der Waals surface area (Å²) >= 11 is 6.33. The number of rotatable bonds is 11. The second-order valence-corrected chi connectivity index (χ2v) is 13.9. The van der Waals surface area contributed by atoms with Crippen molar-refractivity contribution in [2.75, 3.05) is 23.7 Å². The van der Waals surface area contributed by atoms with Gasteiger partial charge in [0.2, 0.25) is 5.95 Å². The van der Waals surface area contributed by atoms with Crippen molar-refractivity contribution in [3.8, 4) is 5.75 Å². The first-order chi connectivity index (χ1) is 20.8. The lowest BCUT2D eigenvalue weighted by atomic mass is 9.87. The Morgan fingerprint density at radius 2 is 1.60 bits per heavy atom. The van der Waals surface area contributed by atoms with Gasteiger partial charge in [0.05, 0.1) is 27.7 Å². The molecule has 0 bridgehead atoms. The number of hydrogen-bond donors (Lipinski definition) is 10. The molecule has 2 aromatic carbocycles. The number of para-hydroxylation sites is 1. The average molecular weight is 670 g/mol. The van der Waals surface area contributed by atoms with Crippen LogP contribution in [0.5, 0.6) is 5.75 Å². The van der Waals surface area contributed by atoms with Gasteiger partial charge in [-0.3, -0.25) is 0 Å². The maximum Gasteiger partial charge on any atom is 0.374 e. The first-order valence-electron chi connectivity index (χ1n) is 13.9. The number of nitrogens with one attached hydrogen (secondary N) is 3. The van der Waals surface area contributed by atoms with Crippen LogP contribution in [0.4, 0.5) is 23.1 Å². The average Bonchev–Trinajstić information content (AvgIpc) is 2.95. The van der Waals surface area contributed by atoms with Crippen LogP contribution in [0, 0.1) is 6.92 Å². The van der Waals surface area contributed by atoms with E-state index in [-0.39, 0.29) is 39.0 Å². The number of aryl methyl sites for hydroxylation is 1. The number of hydrogen-bond acceptors (Lipinski definition) is 15. The second kappa shape index (κ2) is 12.9. The van der Waals surface area contributed by atoms with Crippen LogP contribution in [0.3, 0.4) is 0 Å². The number of anilines is 4. The van der Waals surface area contributed by atoms with Crippen molar-refractivity contribution in [1.29, 1.82) is 0 Å². The van der Waals surface area contributed by atoms with E-state index in [4.69, 9.17) is 16.3 Å². The van der Waals surface area contributed by atoms with Gasteiger partial charge in [-0.05, 0) is 88.0 Å². The van der Waals surface area contributed by atoms with Gasteiger partial charge in [0.25, 0.3) is 0 Å². The quantitative estimate of drug-likeness (QED) is 0.127. The Balaban J connectivity index is 1.77. The van der Waals surface area contributed by atoms with E-state index in [0.29, 0.717) is 37.1 Å². The molecule has 2 heterocycles. The molecule has 45 heavy (non-hydrogen) atoms. The first-order valence-corrected chi connectivity index (χ1v) is 15.8. The van der Waals surface area contributed by atoms with E-state index in [1.165, 1.54) is 30.5 Å². The molecule has 0 amide bonds. The smallest absolute Gasteiger partial charge is 0.374 e. The molecular formula is C28H36ClN5O10S. The van der Waals surface area contributed by atoms with Crippen LogP contribution in [0.25, 0.3) is 0 Å². The number of nitrogens with zero attached hydrogens (tertiary/aromatic N) is 2. The molecule has 0 atom stereocenters. The maximum absolute atomic E-state index is 12.9. The van der Waals surface area contributed by atoms with Gasteiger partial charge in [-0.1, -0.05) is 23.7 Å². The summed E-state index contributed by atoms with van der Waals surface area (Å²) < 4.78 is 31.0. The fourth-order valence-corrected chi connectivity index (χ4v) is 6.15. The minimum Gasteiger partial charge on any atom is -0.446 e. The van der Waals surface area contributed by atoms with Crippen molar-refractivity contribution in [2.45, 2.75) is 67.4 Å². The molecule has 1 fully saturated rings. The van der Waals surface area contributed by atoms with Gasteiger partial charge in [0.15, 0.2) is 15.7 Å². The van der Waals surface area contributed by atoms with E-state index in [2.05, 4.69) is 25.9 Å². The van der Waals surface area contributed by atoms with Crippen LogP contribution in [0.15, 0.2) is 47.5 Å². The van der Waals surface area contributed by atoms with Gasteiger partial charge < -0.3 is 56.4 Å². The highest BCUT2D eigenvalue weighted by Crippen LogP contribution is 2.41. The third kappa shape index (κ3) is 7.30. The zero-order chi connectivity index (χ0) is 33.4. The van der Waals surface area contributed by atoms with Crippen molar-refractivity contribution < 1.29 is 48.9 Å². The lowest BCUT2D eigenvalue weighted by Gasteiger charge is -2.40. The molecule has 15 nitrogen and oxygen atoms in total. The zero-order valence-corrected chi connectivity index (χ0v) is 26.1. The SMILES string of the molecule is Cc1cc(Nc2ncc(Cl)c(Nc3ccccc3S(=O)(=O)C(C)C)n2)c(OC(O)(C(O)(O)O)C(O)(O)O)cc1C1CCNCC1. The summed E-state index contributed by atoms with van der Waals surface area (Å²) in [6.45, 7) is 6.30. The van der Waals surface area contributed by atoms with E-state index < -0.39 is 38.6 Å². The normalized spacial score (nSPS) is 15.3. The molecule has 10 N–H and O–H groups in total. The van der Waals surface area contributed by atoms with Crippen LogP contribution in [-0.2, 0) is 9.84 Å². The van der Waals surface area contributed by atoms with E-state index in [0.717, 1.165) is 0 Å². The summed E-state index contributed by atoms with van der Waals surface area (Å²) in [5.41, 5.74) is 1.53. The minimum atomic E-state index is -4.38. The summed E-state index contributed by atoms with van der Waals surface area (Å²) in [6, 6.07) is 9.07. The molecule has 0 spiro atoms. The van der Waals surface area contributed by atoms with E-state index >= 15 is 0 Å². The number of ether oxygens (including phenoxy) is 1. The molecular weight excluding hydrogens is 634 g/mol. The Hall–Kier alpha value is -3.16. The van der Waals surface area contributed by atoms with Crippen LogP contribution < -0.4 is 20.7 Å². The van der Waals surface area contributed by atoms with Gasteiger partial charge in [0.1, 0.15) is 10.8 Å². The molecule has 1 aromatic heterocycles. The van der Waals surface area contributed by atoms with Gasteiger partial charge >= 0.3 is 17.7 Å². The van der Waals surface area contributed by atoms with E-state index in [1.807, 2.05) is 0 Å². The standard InChI is InChI=1S/C28H36ClN5O10S/c1-15(2)45(42,43)23-7-5-4-6-20(23)32-24-19(29)14-31-25(34-24)33-21-12-16(3)18(17-8-10-30-11-9-17)13-22(21)44-26(35,27(36,37)38)28(39,40)41/h4-7,12-15,17,30,35-41H,8-11H2,1-3H3,(H2,31,32,33,34). The predicted octanol–water partition coefficient (Wildman–Crippen LogP) is 0.904. The minimum absolute atomic E-state index is 0.00257. The Labute approximate surface area is 264 Å². The van der Waals surface area contributed by atoms with Gasteiger partial charge in [-0.25, -0.2) is 13.4 Å². The summed E-state index contributed by atoms with van der Waals surface area (Å²) in [5.74, 6) is -13.6. The summed E-state index contributed by atoms with van der Waals surface area (Å²) in [7, 11) is -3.70. The van der Waals surface area contributed by atoms with E-state index in [1.54, 1.807) is 32.9 Å². The molecule has 4 rings (SSSR count). The molecule has 1 saturated heterocycles. The third-order valence-corrected chi connectivity index (χ3v) is 9.86. The van der Waals surface area contributed by atoms with Gasteiger partial charge in [-0.2, -0.15) is 4.98 Å². The van der Waals surface area contributed by atoms with Crippen LogP contribution >= 0.6 is 11.6 Å². The molecule has 0 radical (unpaired) electrons. The molecule has 1 aliphatic rings. The van der Waals surface area contributed by atoms with Crippen LogP contribution in [-0.4, -0.2) is 90.2 Å². The third-order valence-electron chi connectivity index (χ3n) is 7.37. The zero-order valence-electron chi connectivity index (χ0n) is 24.6. The lowest BCUT2D eigenvalue weighted by Crippen LogP contribution is -2.71. The van der Waals surface area contributed by atoms with Crippen molar-refractivity contribution >= 4 is 44.6 Å². The van der Waals surface area contributed by atoms with Crippen molar-refractivity contribution in [2.24, 2.45) is 0 Å². The Morgan fingerprint density at radius 3 is 2.20 bits per heavy atom. The molecule has 17 heteroatoms. The highest BCUT2D eigenvalue weighted by molar-refractivity contribution is 7.92. The Morgan fingerprint density at radius 1 is 0.978 bits per heavy atom. The number of halogens is 1. The fourth-order valence-electron chi connectivity index (χ4n) is 4.81. The molecule has 3 aromatic rings. The molecule has 246 valence electrons. The summed E-state index contributed by atoms with van der Waals surface area (Å²) in [5, 5.41) is 77.3. The molecule has 0 saturated carbocycles. The summed E-state index contributed by atoms with van der Waals surface area (Å²) in [6.07, 6.45) is 2.65. The largest absolute Gasteiger partial charge is 0.446 e. The number of piperidine rings is 1. The molecule has 1 aliphatic heterocycles. The van der Waals surface area contributed by atoms with E-state index in [9.17, 15) is 44.2 Å². The van der Waals surface area contributed by atoms with Gasteiger partial charge in [-0.15, -0.1) is 0 Å². The number of aliphatic hydroxyl groups is 7. The van der Waals surface area contributed by atoms with Crippen molar-refractivity contribution in [1.82, 2.24) is 15.3 Å². The molecule has 0 aliphatic carbocycles. The highest BCUT2D eigenvalue weighted by Gasteiger charge is 2.66. The second-order valence-electron chi connectivity index (χ2n) is 11.0. The number of benzene rings is 2. The lowest BCUT2D eigenvalue weighted by molar-refractivity contribution is -0.539. The van der Waals surface area contributed by atoms with Crippen molar-refractivity contribution in [3.63, 3.8) is 0 Å². The Kier molecular flexibility index (Phi) is 9.96. The fraction of sp³-hybridized carbons (Fsp3) is 0.429. The van der Waals surface area contributed by atoms with Gasteiger partial charge in [0, 0.05) is 0 Å². The number of sulfone groups is 1. The topological polar surface area (TPSA) is 247 Å². The molecule has 0 unspecified atom stereocenters. The monoisotopic (exact) mass is 669 g/mol. The van der Waals surface area contributed by atoms with Crippen LogP contribution in [0.1, 0.15) is 43.7 Å².